The highest BCUT2D eigenvalue weighted by Crippen LogP contribution is 2.29. The van der Waals surface area contributed by atoms with Crippen LogP contribution in [0.3, 0.4) is 0 Å². The highest BCUT2D eigenvalue weighted by molar-refractivity contribution is 5.51. The standard InChI is InChI=1S/C18H29NO/c1-4-6-15-7-5-8-16(10-9-15)19-17-11-12-18(20-3)14(2)13-17/h11-13,15-16,19H,4-10H2,1-3H3. The van der Waals surface area contributed by atoms with E-state index < -0.39 is 0 Å². The van der Waals surface area contributed by atoms with Crippen LogP contribution < -0.4 is 10.1 Å². The Balaban J connectivity index is 1.91. The summed E-state index contributed by atoms with van der Waals surface area (Å²) in [4.78, 5) is 0. The van der Waals surface area contributed by atoms with Crippen LogP contribution in [0.1, 0.15) is 57.4 Å². The largest absolute Gasteiger partial charge is 0.496 e. The van der Waals surface area contributed by atoms with Gasteiger partial charge in [-0.15, -0.1) is 0 Å². The van der Waals surface area contributed by atoms with E-state index in [0.29, 0.717) is 6.04 Å². The van der Waals surface area contributed by atoms with Crippen LogP contribution in [-0.2, 0) is 0 Å². The molecule has 1 fully saturated rings. The molecule has 0 aliphatic heterocycles. The van der Waals surface area contributed by atoms with E-state index in [2.05, 4.69) is 37.4 Å². The lowest BCUT2D eigenvalue weighted by Gasteiger charge is -2.19. The molecule has 1 aromatic carbocycles. The molecule has 1 aliphatic rings. The summed E-state index contributed by atoms with van der Waals surface area (Å²) in [7, 11) is 1.73. The van der Waals surface area contributed by atoms with Crippen molar-refractivity contribution in [2.75, 3.05) is 12.4 Å². The maximum Gasteiger partial charge on any atom is 0.121 e. The van der Waals surface area contributed by atoms with Gasteiger partial charge in [0.25, 0.3) is 0 Å². The van der Waals surface area contributed by atoms with Crippen LogP contribution in [-0.4, -0.2) is 13.2 Å². The first-order valence-corrected chi connectivity index (χ1v) is 8.14. The Hall–Kier alpha value is -1.18. The first kappa shape index (κ1) is 15.2. The predicted octanol–water partition coefficient (Wildman–Crippen LogP) is 5.16. The molecule has 0 radical (unpaired) electrons. The summed E-state index contributed by atoms with van der Waals surface area (Å²) in [5.41, 5.74) is 2.44. The number of anilines is 1. The van der Waals surface area contributed by atoms with E-state index in [1.807, 2.05) is 0 Å². The topological polar surface area (TPSA) is 21.3 Å². The molecule has 1 N–H and O–H groups in total. The SMILES string of the molecule is CCCC1CCCC(Nc2ccc(OC)c(C)c2)CC1. The Bertz CT molecular complexity index is 416. The van der Waals surface area contributed by atoms with Crippen LogP contribution in [0.15, 0.2) is 18.2 Å². The number of benzene rings is 1. The van der Waals surface area contributed by atoms with Gasteiger partial charge >= 0.3 is 0 Å². The minimum atomic E-state index is 0.643. The van der Waals surface area contributed by atoms with Gasteiger partial charge in [0.1, 0.15) is 5.75 Å². The molecule has 0 amide bonds. The summed E-state index contributed by atoms with van der Waals surface area (Å²) in [5.74, 6) is 1.93. The number of nitrogens with one attached hydrogen (secondary N) is 1. The van der Waals surface area contributed by atoms with E-state index in [1.165, 1.54) is 56.2 Å². The van der Waals surface area contributed by atoms with Gasteiger partial charge in [-0.2, -0.15) is 0 Å². The van der Waals surface area contributed by atoms with Gasteiger partial charge in [-0.3, -0.25) is 0 Å². The minimum Gasteiger partial charge on any atom is -0.496 e. The molecule has 1 aromatic rings. The number of methoxy groups -OCH3 is 1. The molecule has 112 valence electrons. The maximum absolute atomic E-state index is 5.32. The molecule has 0 aromatic heterocycles. The monoisotopic (exact) mass is 275 g/mol. The van der Waals surface area contributed by atoms with Crippen molar-refractivity contribution >= 4 is 5.69 Å². The Kier molecular flexibility index (Phi) is 5.75. The van der Waals surface area contributed by atoms with Gasteiger partial charge in [-0.1, -0.05) is 32.6 Å². The second-order valence-corrected chi connectivity index (χ2v) is 6.19. The average Bonchev–Trinajstić information content (AvgIpc) is 2.65. The molecule has 2 atom stereocenters. The molecular weight excluding hydrogens is 246 g/mol. The molecule has 0 saturated heterocycles. The second kappa shape index (κ2) is 7.56. The Morgan fingerprint density at radius 3 is 2.75 bits per heavy atom. The molecular formula is C18H29NO. The van der Waals surface area contributed by atoms with Crippen LogP contribution in [0, 0.1) is 12.8 Å². The van der Waals surface area contributed by atoms with Crippen LogP contribution >= 0.6 is 0 Å². The molecule has 20 heavy (non-hydrogen) atoms. The highest BCUT2D eigenvalue weighted by Gasteiger charge is 2.18. The third-order valence-electron chi connectivity index (χ3n) is 4.55. The number of hydrogen-bond donors (Lipinski definition) is 1. The smallest absolute Gasteiger partial charge is 0.121 e. The number of rotatable bonds is 5. The summed E-state index contributed by atoms with van der Waals surface area (Å²) < 4.78 is 5.32. The maximum atomic E-state index is 5.32. The number of ether oxygens (including phenoxy) is 1. The third kappa shape index (κ3) is 4.16. The lowest BCUT2D eigenvalue weighted by Crippen LogP contribution is -2.18. The number of aryl methyl sites for hydroxylation is 1. The van der Waals surface area contributed by atoms with E-state index in [-0.39, 0.29) is 0 Å². The fourth-order valence-corrected chi connectivity index (χ4v) is 3.42. The van der Waals surface area contributed by atoms with Crippen LogP contribution in [0.2, 0.25) is 0 Å². The van der Waals surface area contributed by atoms with Crippen LogP contribution in [0.25, 0.3) is 0 Å². The van der Waals surface area contributed by atoms with Crippen molar-refractivity contribution in [1.82, 2.24) is 0 Å². The van der Waals surface area contributed by atoms with Gasteiger partial charge in [0.05, 0.1) is 7.11 Å². The second-order valence-electron chi connectivity index (χ2n) is 6.19. The Morgan fingerprint density at radius 1 is 1.20 bits per heavy atom. The first-order valence-electron chi connectivity index (χ1n) is 8.14. The first-order chi connectivity index (χ1) is 9.72. The van der Waals surface area contributed by atoms with E-state index in [1.54, 1.807) is 7.11 Å². The van der Waals surface area contributed by atoms with Crippen molar-refractivity contribution in [3.63, 3.8) is 0 Å². The van der Waals surface area contributed by atoms with Crippen molar-refractivity contribution in [3.8, 4) is 5.75 Å². The lowest BCUT2D eigenvalue weighted by molar-refractivity contribution is 0.411. The van der Waals surface area contributed by atoms with Crippen molar-refractivity contribution in [2.45, 2.75) is 64.8 Å². The van der Waals surface area contributed by atoms with Crippen LogP contribution in [0.4, 0.5) is 5.69 Å². The highest BCUT2D eigenvalue weighted by atomic mass is 16.5. The average molecular weight is 275 g/mol. The van der Waals surface area contributed by atoms with E-state index in [4.69, 9.17) is 4.74 Å². The van der Waals surface area contributed by atoms with E-state index in [0.717, 1.165) is 11.7 Å². The molecule has 0 bridgehead atoms. The summed E-state index contributed by atoms with van der Waals surface area (Å²) >= 11 is 0. The molecule has 2 heteroatoms. The Labute approximate surface area is 123 Å². The zero-order valence-electron chi connectivity index (χ0n) is 13.2. The molecule has 1 saturated carbocycles. The summed E-state index contributed by atoms with van der Waals surface area (Å²) in [6.45, 7) is 4.41. The molecule has 2 rings (SSSR count). The van der Waals surface area contributed by atoms with E-state index in [9.17, 15) is 0 Å². The zero-order valence-corrected chi connectivity index (χ0v) is 13.2. The zero-order chi connectivity index (χ0) is 14.4. The van der Waals surface area contributed by atoms with Crippen molar-refractivity contribution < 1.29 is 4.74 Å². The fourth-order valence-electron chi connectivity index (χ4n) is 3.42. The minimum absolute atomic E-state index is 0.643. The van der Waals surface area contributed by atoms with Gasteiger partial charge in [0.2, 0.25) is 0 Å². The summed E-state index contributed by atoms with van der Waals surface area (Å²) in [5, 5.41) is 3.72. The van der Waals surface area contributed by atoms with E-state index >= 15 is 0 Å². The molecule has 0 heterocycles. The summed E-state index contributed by atoms with van der Waals surface area (Å²) in [6, 6.07) is 7.05. The molecule has 0 spiro atoms. The number of hydrogen-bond acceptors (Lipinski definition) is 2. The lowest BCUT2D eigenvalue weighted by atomic mass is 9.95. The van der Waals surface area contributed by atoms with Crippen molar-refractivity contribution in [2.24, 2.45) is 5.92 Å². The normalized spacial score (nSPS) is 23.1. The third-order valence-corrected chi connectivity index (χ3v) is 4.55. The van der Waals surface area contributed by atoms with Gasteiger partial charge < -0.3 is 10.1 Å². The van der Waals surface area contributed by atoms with Gasteiger partial charge in [-0.05, 0) is 55.9 Å². The van der Waals surface area contributed by atoms with Crippen LogP contribution in [0.5, 0.6) is 5.75 Å². The van der Waals surface area contributed by atoms with Crippen molar-refractivity contribution in [3.05, 3.63) is 23.8 Å². The summed E-state index contributed by atoms with van der Waals surface area (Å²) in [6.07, 6.45) is 9.56. The van der Waals surface area contributed by atoms with Gasteiger partial charge in [0, 0.05) is 11.7 Å². The molecule has 2 unspecified atom stereocenters. The Morgan fingerprint density at radius 2 is 2.05 bits per heavy atom. The van der Waals surface area contributed by atoms with Gasteiger partial charge in [-0.25, -0.2) is 0 Å². The molecule has 2 nitrogen and oxygen atoms in total. The predicted molar refractivity (Wildman–Crippen MR) is 86.6 cm³/mol. The van der Waals surface area contributed by atoms with Gasteiger partial charge in [0.15, 0.2) is 0 Å². The molecule has 1 aliphatic carbocycles. The quantitative estimate of drug-likeness (QED) is 0.749. The van der Waals surface area contributed by atoms with Crippen molar-refractivity contribution in [1.29, 1.82) is 0 Å². The fraction of sp³-hybridized carbons (Fsp3) is 0.667.